The fourth-order valence-corrected chi connectivity index (χ4v) is 3.93. The Hall–Kier alpha value is -1.54. The lowest BCUT2D eigenvalue weighted by molar-refractivity contribution is -0.0171. The Bertz CT molecular complexity index is 709. The van der Waals surface area contributed by atoms with Crippen molar-refractivity contribution in [3.63, 3.8) is 0 Å². The molecule has 148 valence electrons. The van der Waals surface area contributed by atoms with Crippen LogP contribution in [0.4, 0.5) is 4.39 Å². The van der Waals surface area contributed by atoms with Crippen LogP contribution in [0, 0.1) is 5.82 Å². The third-order valence-electron chi connectivity index (χ3n) is 4.44. The van der Waals surface area contributed by atoms with Gasteiger partial charge in [-0.3, -0.25) is 4.90 Å². The van der Waals surface area contributed by atoms with E-state index in [1.54, 1.807) is 23.5 Å². The van der Waals surface area contributed by atoms with Crippen molar-refractivity contribution in [2.24, 2.45) is 0 Å². The lowest BCUT2D eigenvalue weighted by atomic mass is 10.0. The third-order valence-corrected chi connectivity index (χ3v) is 5.31. The van der Waals surface area contributed by atoms with Crippen molar-refractivity contribution in [3.8, 4) is 5.75 Å². The number of benzene rings is 1. The Morgan fingerprint density at radius 3 is 2.67 bits per heavy atom. The van der Waals surface area contributed by atoms with E-state index in [0.29, 0.717) is 31.5 Å². The second-order valence-corrected chi connectivity index (χ2v) is 8.48. The summed E-state index contributed by atoms with van der Waals surface area (Å²) in [5.74, 6) is 0.345. The minimum atomic E-state index is -0.761. The number of rotatable bonds is 8. The highest BCUT2D eigenvalue weighted by Gasteiger charge is 2.27. The van der Waals surface area contributed by atoms with Gasteiger partial charge in [-0.2, -0.15) is 0 Å². The molecule has 0 radical (unpaired) electrons. The van der Waals surface area contributed by atoms with Gasteiger partial charge < -0.3 is 14.6 Å². The normalized spacial score (nSPS) is 16.0. The Balaban J connectivity index is 1.59. The first-order valence-corrected chi connectivity index (χ1v) is 10.1. The molecule has 0 spiro atoms. The van der Waals surface area contributed by atoms with Crippen LogP contribution in [0.2, 0.25) is 0 Å². The smallest absolute Gasteiger partial charge is 0.140 e. The minimum absolute atomic E-state index is 0.279. The molecule has 27 heavy (non-hydrogen) atoms. The lowest BCUT2D eigenvalue weighted by Gasteiger charge is -2.37. The van der Waals surface area contributed by atoms with Crippen molar-refractivity contribution in [2.75, 3.05) is 19.8 Å². The molecule has 7 heteroatoms. The number of hydrogen-bond donors (Lipinski definition) is 1. The second kappa shape index (κ2) is 9.10. The molecule has 0 aliphatic carbocycles. The number of hydrogen-bond acceptors (Lipinski definition) is 6. The van der Waals surface area contributed by atoms with Crippen LogP contribution in [-0.2, 0) is 17.9 Å². The molecule has 0 bridgehead atoms. The number of nitrogens with zero attached hydrogens (tertiary/aromatic N) is 2. The molecule has 2 heterocycles. The van der Waals surface area contributed by atoms with Crippen LogP contribution in [-0.4, -0.2) is 46.4 Å². The molecule has 1 aliphatic rings. The van der Waals surface area contributed by atoms with Gasteiger partial charge in [0.15, 0.2) is 0 Å². The topological polar surface area (TPSA) is 54.8 Å². The summed E-state index contributed by atoms with van der Waals surface area (Å²) in [6.45, 7) is 6.85. The van der Waals surface area contributed by atoms with Gasteiger partial charge >= 0.3 is 0 Å². The number of halogens is 1. The van der Waals surface area contributed by atoms with Gasteiger partial charge in [-0.25, -0.2) is 9.37 Å². The van der Waals surface area contributed by atoms with E-state index < -0.39 is 5.60 Å². The predicted octanol–water partition coefficient (Wildman–Crippen LogP) is 3.61. The zero-order valence-electron chi connectivity index (χ0n) is 15.9. The highest BCUT2D eigenvalue weighted by atomic mass is 32.1. The number of aromatic nitrogens is 1. The maximum absolute atomic E-state index is 12.9. The summed E-state index contributed by atoms with van der Waals surface area (Å²) < 4.78 is 24.1. The van der Waals surface area contributed by atoms with Crippen molar-refractivity contribution >= 4 is 11.3 Å². The Morgan fingerprint density at radius 2 is 2.00 bits per heavy atom. The molecule has 1 aromatic heterocycles. The van der Waals surface area contributed by atoms with Crippen LogP contribution in [0.5, 0.6) is 5.75 Å². The lowest BCUT2D eigenvalue weighted by Crippen LogP contribution is -2.46. The van der Waals surface area contributed by atoms with E-state index in [0.717, 1.165) is 36.8 Å². The van der Waals surface area contributed by atoms with E-state index in [2.05, 4.69) is 9.88 Å². The Labute approximate surface area is 163 Å². The summed E-state index contributed by atoms with van der Waals surface area (Å²) in [7, 11) is 0. The summed E-state index contributed by atoms with van der Waals surface area (Å²) in [6, 6.07) is 6.38. The van der Waals surface area contributed by atoms with E-state index in [-0.39, 0.29) is 5.82 Å². The third kappa shape index (κ3) is 6.53. The largest absolute Gasteiger partial charge is 0.486 e. The molecule has 1 saturated heterocycles. The molecular weight excluding hydrogens is 367 g/mol. The Morgan fingerprint density at radius 1 is 1.30 bits per heavy atom. The first-order valence-electron chi connectivity index (χ1n) is 9.25. The molecule has 1 aliphatic heterocycles. The molecule has 0 unspecified atom stereocenters. The van der Waals surface area contributed by atoms with E-state index in [1.165, 1.54) is 12.1 Å². The molecule has 1 fully saturated rings. The molecule has 3 rings (SSSR count). The van der Waals surface area contributed by atoms with Crippen molar-refractivity contribution in [2.45, 2.75) is 51.5 Å². The van der Waals surface area contributed by atoms with Gasteiger partial charge in [0.05, 0.1) is 11.3 Å². The SMILES string of the molecule is CC(C)(O)CN(Cc1csc(COc2ccc(F)cc2)n1)C1CCOCC1. The molecule has 5 nitrogen and oxygen atoms in total. The van der Waals surface area contributed by atoms with E-state index in [4.69, 9.17) is 9.47 Å². The van der Waals surface area contributed by atoms with Crippen LogP contribution in [0.1, 0.15) is 37.4 Å². The fraction of sp³-hybridized carbons (Fsp3) is 0.550. The zero-order valence-corrected chi connectivity index (χ0v) is 16.7. The standard InChI is InChI=1S/C20H27FN2O3S/c1-20(2,24)14-23(17-7-9-25-10-8-17)11-16-13-27-19(22-16)12-26-18-5-3-15(21)4-6-18/h3-6,13,17,24H,7-12,14H2,1-2H3. The van der Waals surface area contributed by atoms with Crippen LogP contribution >= 0.6 is 11.3 Å². The van der Waals surface area contributed by atoms with Crippen molar-refractivity contribution in [1.82, 2.24) is 9.88 Å². The minimum Gasteiger partial charge on any atom is -0.486 e. The van der Waals surface area contributed by atoms with Gasteiger partial charge in [-0.1, -0.05) is 0 Å². The van der Waals surface area contributed by atoms with Gasteiger partial charge in [0.2, 0.25) is 0 Å². The van der Waals surface area contributed by atoms with E-state index in [1.807, 2.05) is 19.2 Å². The number of thiazole rings is 1. The average Bonchev–Trinajstić information content (AvgIpc) is 3.08. The highest BCUT2D eigenvalue weighted by Crippen LogP contribution is 2.22. The molecule has 1 N–H and O–H groups in total. The van der Waals surface area contributed by atoms with Gasteiger partial charge in [0.1, 0.15) is 23.2 Å². The van der Waals surface area contributed by atoms with E-state index >= 15 is 0 Å². The quantitative estimate of drug-likeness (QED) is 0.741. The molecule has 0 saturated carbocycles. The Kier molecular flexibility index (Phi) is 6.81. The first-order chi connectivity index (χ1) is 12.9. The summed E-state index contributed by atoms with van der Waals surface area (Å²) >= 11 is 1.55. The number of ether oxygens (including phenoxy) is 2. The summed E-state index contributed by atoms with van der Waals surface area (Å²) in [4.78, 5) is 6.98. The van der Waals surface area contributed by atoms with Crippen LogP contribution in [0.15, 0.2) is 29.6 Å². The monoisotopic (exact) mass is 394 g/mol. The maximum atomic E-state index is 12.9. The second-order valence-electron chi connectivity index (χ2n) is 7.54. The number of aliphatic hydroxyl groups is 1. The summed E-state index contributed by atoms with van der Waals surface area (Å²) in [6.07, 6.45) is 1.95. The first kappa shape index (κ1) is 20.2. The van der Waals surface area contributed by atoms with Crippen molar-refractivity contribution in [1.29, 1.82) is 0 Å². The average molecular weight is 395 g/mol. The molecule has 2 aromatic rings. The summed E-state index contributed by atoms with van der Waals surface area (Å²) in [5, 5.41) is 13.2. The van der Waals surface area contributed by atoms with Gasteiger partial charge in [0, 0.05) is 37.7 Å². The van der Waals surface area contributed by atoms with Crippen molar-refractivity contribution in [3.05, 3.63) is 46.2 Å². The van der Waals surface area contributed by atoms with E-state index in [9.17, 15) is 9.50 Å². The zero-order chi connectivity index (χ0) is 19.3. The fourth-order valence-electron chi connectivity index (χ4n) is 3.23. The van der Waals surface area contributed by atoms with Gasteiger partial charge in [-0.05, 0) is 51.0 Å². The maximum Gasteiger partial charge on any atom is 0.140 e. The van der Waals surface area contributed by atoms with Gasteiger partial charge in [-0.15, -0.1) is 11.3 Å². The summed E-state index contributed by atoms with van der Waals surface area (Å²) in [5.41, 5.74) is 0.219. The predicted molar refractivity (Wildman–Crippen MR) is 103 cm³/mol. The van der Waals surface area contributed by atoms with Crippen LogP contribution in [0.3, 0.4) is 0 Å². The molecular formula is C20H27FN2O3S. The molecule has 0 atom stereocenters. The van der Waals surface area contributed by atoms with Gasteiger partial charge in [0.25, 0.3) is 0 Å². The highest BCUT2D eigenvalue weighted by molar-refractivity contribution is 7.09. The van der Waals surface area contributed by atoms with Crippen molar-refractivity contribution < 1.29 is 19.0 Å². The molecule has 1 aromatic carbocycles. The molecule has 0 amide bonds. The van der Waals surface area contributed by atoms with Crippen LogP contribution in [0.25, 0.3) is 0 Å². The van der Waals surface area contributed by atoms with Crippen LogP contribution < -0.4 is 4.74 Å².